The van der Waals surface area contributed by atoms with Crippen LogP contribution in [-0.2, 0) is 9.84 Å². The summed E-state index contributed by atoms with van der Waals surface area (Å²) in [6, 6.07) is 2.92. The van der Waals surface area contributed by atoms with Gasteiger partial charge in [0.15, 0.2) is 9.84 Å². The maximum Gasteiger partial charge on any atom is 0.335 e. The van der Waals surface area contributed by atoms with E-state index in [9.17, 15) is 18.3 Å². The average Bonchev–Trinajstić information content (AvgIpc) is 2.77. The van der Waals surface area contributed by atoms with Crippen molar-refractivity contribution in [1.82, 2.24) is 4.98 Å². The first-order valence-electron chi connectivity index (χ1n) is 6.88. The first kappa shape index (κ1) is 15.8. The molecule has 1 aromatic heterocycles. The third-order valence-corrected chi connectivity index (χ3v) is 5.54. The molecule has 0 aromatic carbocycles. The van der Waals surface area contributed by atoms with E-state index in [1.165, 1.54) is 6.07 Å². The van der Waals surface area contributed by atoms with Crippen molar-refractivity contribution < 1.29 is 18.3 Å². The first-order valence-corrected chi connectivity index (χ1v) is 8.70. The number of hydrogen-bond acceptors (Lipinski definition) is 5. The SMILES string of the molecule is CC(C)c1cc(C(=O)O)cc(N(C)C2CCS(=O)(=O)C2)n1. The molecule has 21 heavy (non-hydrogen) atoms. The Balaban J connectivity index is 2.36. The van der Waals surface area contributed by atoms with Gasteiger partial charge in [-0.05, 0) is 24.5 Å². The number of rotatable bonds is 4. The predicted molar refractivity (Wildman–Crippen MR) is 80.7 cm³/mol. The van der Waals surface area contributed by atoms with Gasteiger partial charge in [-0.15, -0.1) is 0 Å². The third-order valence-electron chi connectivity index (χ3n) is 3.79. The fourth-order valence-electron chi connectivity index (χ4n) is 2.40. The molecule has 0 amide bonds. The Morgan fingerprint density at radius 3 is 2.57 bits per heavy atom. The summed E-state index contributed by atoms with van der Waals surface area (Å²) in [5.41, 5.74) is 0.869. The van der Waals surface area contributed by atoms with Gasteiger partial charge in [0.05, 0.1) is 17.1 Å². The Hall–Kier alpha value is -1.63. The van der Waals surface area contributed by atoms with Crippen LogP contribution in [0.15, 0.2) is 12.1 Å². The second-order valence-electron chi connectivity index (χ2n) is 5.77. The van der Waals surface area contributed by atoms with Crippen molar-refractivity contribution in [1.29, 1.82) is 0 Å². The van der Waals surface area contributed by atoms with Crippen LogP contribution in [0.5, 0.6) is 0 Å². The van der Waals surface area contributed by atoms with Gasteiger partial charge in [-0.1, -0.05) is 13.8 Å². The monoisotopic (exact) mass is 312 g/mol. The molecule has 1 saturated heterocycles. The summed E-state index contributed by atoms with van der Waals surface area (Å²) < 4.78 is 23.2. The quantitative estimate of drug-likeness (QED) is 0.907. The van der Waals surface area contributed by atoms with Crippen LogP contribution in [-0.4, -0.2) is 49.1 Å². The second-order valence-corrected chi connectivity index (χ2v) is 8.00. The standard InChI is InChI=1S/C14H20N2O4S/c1-9(2)12-6-10(14(17)18)7-13(15-12)16(3)11-4-5-21(19,20)8-11/h6-7,9,11H,4-5,8H2,1-3H3,(H,17,18). The molecule has 116 valence electrons. The van der Waals surface area contributed by atoms with Crippen molar-refractivity contribution in [3.8, 4) is 0 Å². The number of nitrogens with zero attached hydrogens (tertiary/aromatic N) is 2. The summed E-state index contributed by atoms with van der Waals surface area (Å²) in [5.74, 6) is -0.116. The van der Waals surface area contributed by atoms with Crippen molar-refractivity contribution in [2.24, 2.45) is 0 Å². The van der Waals surface area contributed by atoms with E-state index < -0.39 is 15.8 Å². The van der Waals surface area contributed by atoms with Gasteiger partial charge in [0.2, 0.25) is 0 Å². The zero-order valence-electron chi connectivity index (χ0n) is 12.4. The Morgan fingerprint density at radius 2 is 2.10 bits per heavy atom. The third kappa shape index (κ3) is 3.53. The van der Waals surface area contributed by atoms with Crippen LogP contribution in [0.2, 0.25) is 0 Å². The lowest BCUT2D eigenvalue weighted by Crippen LogP contribution is -2.33. The summed E-state index contributed by atoms with van der Waals surface area (Å²) in [7, 11) is -1.22. The van der Waals surface area contributed by atoms with E-state index in [1.54, 1.807) is 18.0 Å². The van der Waals surface area contributed by atoms with Gasteiger partial charge in [0.25, 0.3) is 0 Å². The maximum atomic E-state index is 11.6. The van der Waals surface area contributed by atoms with Gasteiger partial charge in [0.1, 0.15) is 5.82 Å². The molecule has 1 N–H and O–H groups in total. The highest BCUT2D eigenvalue weighted by atomic mass is 32.2. The van der Waals surface area contributed by atoms with Crippen LogP contribution in [0.1, 0.15) is 42.2 Å². The van der Waals surface area contributed by atoms with Gasteiger partial charge < -0.3 is 10.0 Å². The molecule has 0 bridgehead atoms. The molecule has 1 fully saturated rings. The topological polar surface area (TPSA) is 87.6 Å². The Morgan fingerprint density at radius 1 is 1.43 bits per heavy atom. The molecule has 0 spiro atoms. The van der Waals surface area contributed by atoms with E-state index >= 15 is 0 Å². The largest absolute Gasteiger partial charge is 0.478 e. The Kier molecular flexibility index (Phi) is 4.22. The zero-order chi connectivity index (χ0) is 15.8. The number of anilines is 1. The predicted octanol–water partition coefficient (Wildman–Crippen LogP) is 1.53. The number of hydrogen-bond donors (Lipinski definition) is 1. The number of carboxylic acid groups (broad SMARTS) is 1. The van der Waals surface area contributed by atoms with Crippen molar-refractivity contribution in [3.63, 3.8) is 0 Å². The van der Waals surface area contributed by atoms with Crippen molar-refractivity contribution in [3.05, 3.63) is 23.4 Å². The Bertz CT molecular complexity index is 655. The number of aromatic nitrogens is 1. The van der Waals surface area contributed by atoms with Crippen LogP contribution in [0.3, 0.4) is 0 Å². The van der Waals surface area contributed by atoms with Crippen molar-refractivity contribution in [2.45, 2.75) is 32.2 Å². The molecule has 0 radical (unpaired) electrons. The highest BCUT2D eigenvalue weighted by Gasteiger charge is 2.31. The summed E-state index contributed by atoms with van der Waals surface area (Å²) in [6.45, 7) is 3.88. The van der Waals surface area contributed by atoms with Crippen molar-refractivity contribution >= 4 is 21.6 Å². The summed E-state index contributed by atoms with van der Waals surface area (Å²) in [4.78, 5) is 17.5. The number of carboxylic acids is 1. The maximum absolute atomic E-state index is 11.6. The van der Waals surface area contributed by atoms with E-state index in [0.29, 0.717) is 17.9 Å². The van der Waals surface area contributed by atoms with Gasteiger partial charge in [-0.25, -0.2) is 18.2 Å². The number of pyridine rings is 1. The van der Waals surface area contributed by atoms with Gasteiger partial charge >= 0.3 is 5.97 Å². The van der Waals surface area contributed by atoms with E-state index in [2.05, 4.69) is 4.98 Å². The molecular weight excluding hydrogens is 292 g/mol. The molecule has 0 aliphatic carbocycles. The first-order chi connectivity index (χ1) is 9.69. The lowest BCUT2D eigenvalue weighted by Gasteiger charge is -2.25. The van der Waals surface area contributed by atoms with Crippen LogP contribution < -0.4 is 4.90 Å². The van der Waals surface area contributed by atoms with E-state index in [0.717, 1.165) is 0 Å². The average molecular weight is 312 g/mol. The van der Waals surface area contributed by atoms with Gasteiger partial charge in [0, 0.05) is 18.8 Å². The normalized spacial score (nSPS) is 20.7. The molecule has 0 saturated carbocycles. The van der Waals surface area contributed by atoms with Crippen LogP contribution in [0.25, 0.3) is 0 Å². The van der Waals surface area contributed by atoms with E-state index in [-0.39, 0.29) is 29.0 Å². The molecule has 7 heteroatoms. The minimum atomic E-state index is -2.99. The molecule has 1 aliphatic heterocycles. The summed E-state index contributed by atoms with van der Waals surface area (Å²) in [5, 5.41) is 9.20. The molecular formula is C14H20N2O4S. The number of aromatic carboxylic acids is 1. The Labute approximate surface area is 124 Å². The number of carbonyl (C=O) groups is 1. The van der Waals surface area contributed by atoms with E-state index in [1.807, 2.05) is 13.8 Å². The van der Waals surface area contributed by atoms with Crippen molar-refractivity contribution in [2.75, 3.05) is 23.5 Å². The zero-order valence-corrected chi connectivity index (χ0v) is 13.2. The molecule has 2 heterocycles. The smallest absolute Gasteiger partial charge is 0.335 e. The fourth-order valence-corrected chi connectivity index (χ4v) is 4.18. The lowest BCUT2D eigenvalue weighted by atomic mass is 10.1. The minimum absolute atomic E-state index is 0.0967. The second kappa shape index (κ2) is 5.63. The highest BCUT2D eigenvalue weighted by molar-refractivity contribution is 7.91. The van der Waals surface area contributed by atoms with Gasteiger partial charge in [-0.2, -0.15) is 0 Å². The lowest BCUT2D eigenvalue weighted by molar-refractivity contribution is 0.0696. The van der Waals surface area contributed by atoms with Crippen LogP contribution in [0.4, 0.5) is 5.82 Å². The molecule has 1 aromatic rings. The molecule has 6 nitrogen and oxygen atoms in total. The van der Waals surface area contributed by atoms with Crippen LogP contribution in [0, 0.1) is 0 Å². The molecule has 1 aliphatic rings. The van der Waals surface area contributed by atoms with Gasteiger partial charge in [-0.3, -0.25) is 0 Å². The fraction of sp³-hybridized carbons (Fsp3) is 0.571. The molecule has 1 unspecified atom stereocenters. The summed E-state index contributed by atoms with van der Waals surface area (Å²) >= 11 is 0. The minimum Gasteiger partial charge on any atom is -0.478 e. The molecule has 1 atom stereocenters. The summed E-state index contributed by atoms with van der Waals surface area (Å²) in [6.07, 6.45) is 0.550. The number of sulfone groups is 1. The van der Waals surface area contributed by atoms with Crippen LogP contribution >= 0.6 is 0 Å². The van der Waals surface area contributed by atoms with E-state index in [4.69, 9.17) is 0 Å². The highest BCUT2D eigenvalue weighted by Crippen LogP contribution is 2.25. The molecule has 2 rings (SSSR count).